The summed E-state index contributed by atoms with van der Waals surface area (Å²) in [4.78, 5) is 21.2. The average molecular weight is 425 g/mol. The number of pyridine rings is 1. The van der Waals surface area contributed by atoms with E-state index in [2.05, 4.69) is 20.5 Å². The number of hydrogen-bond donors (Lipinski definition) is 3. The van der Waals surface area contributed by atoms with Crippen LogP contribution >= 0.6 is 11.6 Å². The molecule has 8 nitrogen and oxygen atoms in total. The number of nitrogens with one attached hydrogen (secondary N) is 3. The predicted molar refractivity (Wildman–Crippen MR) is 109 cm³/mol. The number of carbonyl (C=O) groups excluding carboxylic acids is 1. The van der Waals surface area contributed by atoms with E-state index in [-0.39, 0.29) is 10.7 Å². The molecule has 1 aliphatic rings. The van der Waals surface area contributed by atoms with Crippen molar-refractivity contribution in [2.45, 2.75) is 25.7 Å². The van der Waals surface area contributed by atoms with Gasteiger partial charge in [0, 0.05) is 0 Å². The van der Waals surface area contributed by atoms with Gasteiger partial charge in [0.1, 0.15) is 5.15 Å². The van der Waals surface area contributed by atoms with Crippen molar-refractivity contribution in [3.8, 4) is 0 Å². The second kappa shape index (κ2) is 7.94. The molecule has 1 fully saturated rings. The van der Waals surface area contributed by atoms with E-state index in [1.54, 1.807) is 13.0 Å². The molecule has 1 amide bonds. The van der Waals surface area contributed by atoms with Crippen molar-refractivity contribution in [3.63, 3.8) is 0 Å². The van der Waals surface area contributed by atoms with Gasteiger partial charge in [-0.15, -0.1) is 0 Å². The first-order chi connectivity index (χ1) is 13.2. The molecule has 1 saturated carbocycles. The van der Waals surface area contributed by atoms with Gasteiger partial charge in [-0.05, 0) is 49.4 Å². The summed E-state index contributed by atoms with van der Waals surface area (Å²) in [5.74, 6) is -0.0475. The molecule has 10 heteroatoms. The highest BCUT2D eigenvalue weighted by Gasteiger charge is 2.25. The number of anilines is 3. The van der Waals surface area contributed by atoms with E-state index in [0.29, 0.717) is 28.7 Å². The Balaban J connectivity index is 2.04. The van der Waals surface area contributed by atoms with E-state index in [1.165, 1.54) is 13.2 Å². The molecular weight excluding hydrogens is 404 g/mol. The maximum atomic E-state index is 12.4. The van der Waals surface area contributed by atoms with Gasteiger partial charge in [-0.2, -0.15) is 0 Å². The van der Waals surface area contributed by atoms with Gasteiger partial charge in [-0.3, -0.25) is 14.4 Å². The van der Waals surface area contributed by atoms with Crippen molar-refractivity contribution < 1.29 is 18.0 Å². The summed E-state index contributed by atoms with van der Waals surface area (Å²) in [6, 6.07) is 7.03. The van der Waals surface area contributed by atoms with Gasteiger partial charge < -0.3 is 5.32 Å². The minimum atomic E-state index is -3.49. The van der Waals surface area contributed by atoms with Gasteiger partial charge in [-0.1, -0.05) is 17.7 Å². The topological polar surface area (TPSA) is 109 Å². The van der Waals surface area contributed by atoms with Crippen LogP contribution in [0.3, 0.4) is 0 Å². The van der Waals surface area contributed by atoms with Gasteiger partial charge in [-0.25, -0.2) is 18.9 Å². The molecule has 0 aliphatic heterocycles. The smallest absolute Gasteiger partial charge is 0.278 e. The summed E-state index contributed by atoms with van der Waals surface area (Å²) in [5, 5.41) is 3.30. The number of benzene rings is 1. The minimum absolute atomic E-state index is 0.196. The lowest BCUT2D eigenvalue weighted by atomic mass is 10.1. The Morgan fingerprint density at radius 3 is 2.54 bits per heavy atom. The van der Waals surface area contributed by atoms with Crippen LogP contribution in [0.1, 0.15) is 40.4 Å². The molecule has 150 valence electrons. The van der Waals surface area contributed by atoms with Crippen LogP contribution in [0.25, 0.3) is 0 Å². The third-order valence-corrected chi connectivity index (χ3v) is 5.03. The fourth-order valence-electron chi connectivity index (χ4n) is 2.93. The number of aromatic nitrogens is 1. The third-order valence-electron chi connectivity index (χ3n) is 4.25. The fourth-order valence-corrected chi connectivity index (χ4v) is 3.74. The second-order valence-corrected chi connectivity index (χ2v) is 8.80. The molecule has 0 saturated heterocycles. The lowest BCUT2D eigenvalue weighted by Crippen LogP contribution is -2.24. The van der Waals surface area contributed by atoms with Crippen LogP contribution in [0.15, 0.2) is 24.3 Å². The van der Waals surface area contributed by atoms with Gasteiger partial charge in [0.2, 0.25) is 10.0 Å². The number of hydroxylamine groups is 1. The molecule has 0 spiro atoms. The van der Waals surface area contributed by atoms with Crippen molar-refractivity contribution in [3.05, 3.63) is 46.2 Å². The van der Waals surface area contributed by atoms with Crippen molar-refractivity contribution in [2.24, 2.45) is 0 Å². The van der Waals surface area contributed by atoms with Gasteiger partial charge >= 0.3 is 0 Å². The SMILES string of the molecule is CONC(=O)c1c(Nc2ccc(C3CC3)cc2NS(C)(=O)=O)cc(Cl)nc1C. The molecule has 0 radical (unpaired) electrons. The Morgan fingerprint density at radius 2 is 1.93 bits per heavy atom. The molecule has 2 aromatic rings. The zero-order chi connectivity index (χ0) is 20.5. The van der Waals surface area contributed by atoms with Crippen LogP contribution in [0.2, 0.25) is 5.15 Å². The maximum Gasteiger partial charge on any atom is 0.278 e. The summed E-state index contributed by atoms with van der Waals surface area (Å²) in [6.45, 7) is 1.65. The van der Waals surface area contributed by atoms with Crippen molar-refractivity contribution >= 4 is 44.6 Å². The first-order valence-corrected chi connectivity index (χ1v) is 10.8. The summed E-state index contributed by atoms with van der Waals surface area (Å²) in [6.07, 6.45) is 3.27. The number of rotatable bonds is 7. The summed E-state index contributed by atoms with van der Waals surface area (Å²) in [5.41, 5.74) is 5.23. The van der Waals surface area contributed by atoms with Crippen LogP contribution in [0, 0.1) is 6.92 Å². The van der Waals surface area contributed by atoms with E-state index >= 15 is 0 Å². The molecule has 1 aromatic carbocycles. The van der Waals surface area contributed by atoms with Gasteiger partial charge in [0.05, 0.1) is 41.7 Å². The highest BCUT2D eigenvalue weighted by atomic mass is 35.5. The molecule has 1 heterocycles. The quantitative estimate of drug-likeness (QED) is 0.464. The largest absolute Gasteiger partial charge is 0.353 e. The standard InChI is InChI=1S/C18H21ClN4O4S/c1-10-17(18(24)22-27-2)15(9-16(19)20-10)21-13-7-6-12(11-4-5-11)8-14(13)23-28(3,25)26/h6-9,11,23H,4-5H2,1-3H3,(H,20,21)(H,22,24). The van der Waals surface area contributed by atoms with Gasteiger partial charge in [0.25, 0.3) is 5.91 Å². The number of carbonyl (C=O) groups is 1. The zero-order valence-corrected chi connectivity index (χ0v) is 17.2. The molecule has 1 aliphatic carbocycles. The van der Waals surface area contributed by atoms with Crippen molar-refractivity contribution in [1.29, 1.82) is 0 Å². The lowest BCUT2D eigenvalue weighted by molar-refractivity contribution is 0.0537. The number of hydrogen-bond acceptors (Lipinski definition) is 6. The Labute approximate surface area is 168 Å². The summed E-state index contributed by atoms with van der Waals surface area (Å²) < 4.78 is 26.2. The van der Waals surface area contributed by atoms with Crippen molar-refractivity contribution in [1.82, 2.24) is 10.5 Å². The molecular formula is C18H21ClN4O4S. The molecule has 1 aromatic heterocycles. The normalized spacial score (nSPS) is 13.9. The van der Waals surface area contributed by atoms with E-state index in [0.717, 1.165) is 24.7 Å². The lowest BCUT2D eigenvalue weighted by Gasteiger charge is -2.18. The van der Waals surface area contributed by atoms with E-state index in [4.69, 9.17) is 16.4 Å². The molecule has 28 heavy (non-hydrogen) atoms. The highest BCUT2D eigenvalue weighted by Crippen LogP contribution is 2.42. The fraction of sp³-hybridized carbons (Fsp3) is 0.333. The van der Waals surface area contributed by atoms with Gasteiger partial charge in [0.15, 0.2) is 0 Å². The molecule has 0 unspecified atom stereocenters. The van der Waals surface area contributed by atoms with Crippen LogP contribution in [0.4, 0.5) is 17.1 Å². The molecule has 0 atom stereocenters. The first kappa shape index (κ1) is 20.4. The minimum Gasteiger partial charge on any atom is -0.353 e. The van der Waals surface area contributed by atoms with Crippen LogP contribution in [-0.2, 0) is 14.9 Å². The number of aryl methyl sites for hydroxylation is 1. The number of amides is 1. The first-order valence-electron chi connectivity index (χ1n) is 8.57. The van der Waals surface area contributed by atoms with Crippen LogP contribution in [0.5, 0.6) is 0 Å². The van der Waals surface area contributed by atoms with Crippen LogP contribution < -0.4 is 15.5 Å². The van der Waals surface area contributed by atoms with Crippen molar-refractivity contribution in [2.75, 3.05) is 23.4 Å². The van der Waals surface area contributed by atoms with E-state index < -0.39 is 15.9 Å². The number of halogens is 1. The zero-order valence-electron chi connectivity index (χ0n) is 15.7. The average Bonchev–Trinajstić information content (AvgIpc) is 3.39. The molecule has 0 bridgehead atoms. The monoisotopic (exact) mass is 424 g/mol. The van der Waals surface area contributed by atoms with E-state index in [1.807, 2.05) is 12.1 Å². The number of nitrogens with zero attached hydrogens (tertiary/aromatic N) is 1. The van der Waals surface area contributed by atoms with E-state index in [9.17, 15) is 13.2 Å². The number of sulfonamides is 1. The predicted octanol–water partition coefficient (Wildman–Crippen LogP) is 3.33. The summed E-state index contributed by atoms with van der Waals surface area (Å²) >= 11 is 6.07. The Kier molecular flexibility index (Phi) is 5.78. The third kappa shape index (κ3) is 4.92. The Hall–Kier alpha value is -2.36. The maximum absolute atomic E-state index is 12.4. The second-order valence-electron chi connectivity index (χ2n) is 6.67. The Bertz CT molecular complexity index is 1020. The molecule has 3 N–H and O–H groups in total. The summed E-state index contributed by atoms with van der Waals surface area (Å²) in [7, 11) is -2.17. The van der Waals surface area contributed by atoms with Crippen LogP contribution in [-0.4, -0.2) is 32.7 Å². The highest BCUT2D eigenvalue weighted by molar-refractivity contribution is 7.92. The Morgan fingerprint density at radius 1 is 1.21 bits per heavy atom. The molecule has 3 rings (SSSR count).